The van der Waals surface area contributed by atoms with Crippen molar-refractivity contribution in [1.82, 2.24) is 4.90 Å². The zero-order chi connectivity index (χ0) is 13.0. The summed E-state index contributed by atoms with van der Waals surface area (Å²) in [6, 6.07) is 9.73. The standard InChI is InChI=1S/C15H26N2/c1-6-14(16)15(17(5)11(2)3)13-9-7-12(4)8-10-13/h7-11,14-15H,6,16H2,1-5H3. The Morgan fingerprint density at radius 3 is 2.12 bits per heavy atom. The Hall–Kier alpha value is -0.860. The number of aryl methyl sites for hydroxylation is 1. The van der Waals surface area contributed by atoms with E-state index in [0.29, 0.717) is 12.1 Å². The van der Waals surface area contributed by atoms with Crippen molar-refractivity contribution in [3.63, 3.8) is 0 Å². The van der Waals surface area contributed by atoms with E-state index in [9.17, 15) is 0 Å². The van der Waals surface area contributed by atoms with Crippen molar-refractivity contribution in [2.45, 2.75) is 52.2 Å². The van der Waals surface area contributed by atoms with Crippen molar-refractivity contribution in [2.75, 3.05) is 7.05 Å². The Labute approximate surface area is 106 Å². The number of hydrogen-bond acceptors (Lipinski definition) is 2. The molecule has 0 spiro atoms. The van der Waals surface area contributed by atoms with E-state index in [1.165, 1.54) is 11.1 Å². The molecule has 17 heavy (non-hydrogen) atoms. The molecular formula is C15H26N2. The van der Waals surface area contributed by atoms with E-state index in [0.717, 1.165) is 6.42 Å². The van der Waals surface area contributed by atoms with Gasteiger partial charge in [-0.05, 0) is 39.8 Å². The molecule has 0 aromatic heterocycles. The maximum atomic E-state index is 6.28. The van der Waals surface area contributed by atoms with Gasteiger partial charge in [0.15, 0.2) is 0 Å². The van der Waals surface area contributed by atoms with Gasteiger partial charge in [-0.3, -0.25) is 4.90 Å². The fraction of sp³-hybridized carbons (Fsp3) is 0.600. The third kappa shape index (κ3) is 3.55. The summed E-state index contributed by atoms with van der Waals surface area (Å²) in [6.07, 6.45) is 0.996. The van der Waals surface area contributed by atoms with Gasteiger partial charge in [0, 0.05) is 18.1 Å². The van der Waals surface area contributed by atoms with Gasteiger partial charge >= 0.3 is 0 Å². The van der Waals surface area contributed by atoms with Crippen molar-refractivity contribution in [1.29, 1.82) is 0 Å². The lowest BCUT2D eigenvalue weighted by molar-refractivity contribution is 0.168. The average molecular weight is 234 g/mol. The van der Waals surface area contributed by atoms with Gasteiger partial charge in [0.1, 0.15) is 0 Å². The summed E-state index contributed by atoms with van der Waals surface area (Å²) in [6.45, 7) is 8.69. The predicted octanol–water partition coefficient (Wildman–Crippen LogP) is 3.11. The number of nitrogens with two attached hydrogens (primary N) is 1. The normalized spacial score (nSPS) is 15.3. The van der Waals surface area contributed by atoms with Crippen LogP contribution < -0.4 is 5.73 Å². The zero-order valence-corrected chi connectivity index (χ0v) is 11.8. The van der Waals surface area contributed by atoms with Crippen LogP contribution in [0.4, 0.5) is 0 Å². The largest absolute Gasteiger partial charge is 0.326 e. The molecule has 0 amide bonds. The minimum Gasteiger partial charge on any atom is -0.326 e. The molecule has 0 aliphatic heterocycles. The van der Waals surface area contributed by atoms with Gasteiger partial charge in [0.2, 0.25) is 0 Å². The first-order valence-electron chi connectivity index (χ1n) is 6.51. The molecular weight excluding hydrogens is 208 g/mol. The van der Waals surface area contributed by atoms with Crippen LogP contribution in [0.2, 0.25) is 0 Å². The summed E-state index contributed by atoms with van der Waals surface area (Å²) in [7, 11) is 2.16. The Balaban J connectivity index is 3.01. The van der Waals surface area contributed by atoms with Gasteiger partial charge in [0.05, 0.1) is 0 Å². The number of benzene rings is 1. The molecule has 2 heteroatoms. The molecule has 2 atom stereocenters. The number of rotatable bonds is 5. The van der Waals surface area contributed by atoms with Crippen LogP contribution in [-0.4, -0.2) is 24.0 Å². The van der Waals surface area contributed by atoms with Crippen LogP contribution in [-0.2, 0) is 0 Å². The molecule has 1 aromatic carbocycles. The lowest BCUT2D eigenvalue weighted by Crippen LogP contribution is -2.41. The van der Waals surface area contributed by atoms with Crippen LogP contribution in [0.1, 0.15) is 44.4 Å². The SMILES string of the molecule is CCC(N)C(c1ccc(C)cc1)N(C)C(C)C. The summed E-state index contributed by atoms with van der Waals surface area (Å²) in [5.74, 6) is 0. The number of likely N-dealkylation sites (N-methyl/N-ethyl adjacent to an activating group) is 1. The summed E-state index contributed by atoms with van der Waals surface area (Å²) < 4.78 is 0. The first-order valence-corrected chi connectivity index (χ1v) is 6.51. The molecule has 0 saturated carbocycles. The molecule has 0 heterocycles. The highest BCUT2D eigenvalue weighted by atomic mass is 15.2. The molecule has 0 bridgehead atoms. The van der Waals surface area contributed by atoms with Crippen LogP contribution in [0, 0.1) is 6.92 Å². The monoisotopic (exact) mass is 234 g/mol. The smallest absolute Gasteiger partial charge is 0.0498 e. The molecule has 0 fully saturated rings. The number of nitrogens with zero attached hydrogens (tertiary/aromatic N) is 1. The molecule has 0 radical (unpaired) electrons. The zero-order valence-electron chi connectivity index (χ0n) is 11.8. The van der Waals surface area contributed by atoms with Gasteiger partial charge in [-0.1, -0.05) is 36.8 Å². The predicted molar refractivity (Wildman–Crippen MR) is 75.1 cm³/mol. The summed E-state index contributed by atoms with van der Waals surface area (Å²) in [5.41, 5.74) is 8.90. The van der Waals surface area contributed by atoms with E-state index in [2.05, 4.69) is 63.9 Å². The Morgan fingerprint density at radius 2 is 1.71 bits per heavy atom. The second kappa shape index (κ2) is 6.18. The molecule has 2 unspecified atom stereocenters. The van der Waals surface area contributed by atoms with Gasteiger partial charge in [-0.25, -0.2) is 0 Å². The molecule has 2 nitrogen and oxygen atoms in total. The van der Waals surface area contributed by atoms with Gasteiger partial charge in [-0.2, -0.15) is 0 Å². The highest BCUT2D eigenvalue weighted by Crippen LogP contribution is 2.25. The molecule has 0 aliphatic carbocycles. The fourth-order valence-electron chi connectivity index (χ4n) is 2.09. The summed E-state index contributed by atoms with van der Waals surface area (Å²) in [5, 5.41) is 0. The van der Waals surface area contributed by atoms with Crippen molar-refractivity contribution in [2.24, 2.45) is 5.73 Å². The van der Waals surface area contributed by atoms with Crippen molar-refractivity contribution < 1.29 is 0 Å². The minimum absolute atomic E-state index is 0.185. The minimum atomic E-state index is 0.185. The molecule has 0 aliphatic rings. The van der Waals surface area contributed by atoms with E-state index in [1.54, 1.807) is 0 Å². The fourth-order valence-corrected chi connectivity index (χ4v) is 2.09. The average Bonchev–Trinajstić information content (AvgIpc) is 2.31. The molecule has 0 saturated heterocycles. The lowest BCUT2D eigenvalue weighted by atomic mass is 9.95. The maximum Gasteiger partial charge on any atom is 0.0498 e. The highest BCUT2D eigenvalue weighted by Gasteiger charge is 2.24. The van der Waals surface area contributed by atoms with E-state index >= 15 is 0 Å². The van der Waals surface area contributed by atoms with Crippen LogP contribution in [0.3, 0.4) is 0 Å². The van der Waals surface area contributed by atoms with E-state index < -0.39 is 0 Å². The van der Waals surface area contributed by atoms with E-state index in [-0.39, 0.29) is 6.04 Å². The molecule has 96 valence electrons. The van der Waals surface area contributed by atoms with Crippen molar-refractivity contribution in [3.05, 3.63) is 35.4 Å². The maximum absolute atomic E-state index is 6.28. The third-order valence-corrected chi connectivity index (χ3v) is 3.55. The van der Waals surface area contributed by atoms with E-state index in [1.807, 2.05) is 0 Å². The first kappa shape index (κ1) is 14.2. The van der Waals surface area contributed by atoms with Gasteiger partial charge in [0.25, 0.3) is 0 Å². The second-order valence-electron chi connectivity index (χ2n) is 5.19. The van der Waals surface area contributed by atoms with Crippen LogP contribution in [0.5, 0.6) is 0 Å². The molecule has 1 aromatic rings. The van der Waals surface area contributed by atoms with E-state index in [4.69, 9.17) is 5.73 Å². The summed E-state index contributed by atoms with van der Waals surface area (Å²) >= 11 is 0. The first-order chi connectivity index (χ1) is 7.97. The molecule has 1 rings (SSSR count). The van der Waals surface area contributed by atoms with Crippen LogP contribution in [0.25, 0.3) is 0 Å². The lowest BCUT2D eigenvalue weighted by Gasteiger charge is -2.35. The topological polar surface area (TPSA) is 29.3 Å². The summed E-state index contributed by atoms with van der Waals surface area (Å²) in [4.78, 5) is 2.36. The Kier molecular flexibility index (Phi) is 5.16. The Bertz CT molecular complexity index is 329. The van der Waals surface area contributed by atoms with Crippen molar-refractivity contribution in [3.8, 4) is 0 Å². The Morgan fingerprint density at radius 1 is 1.18 bits per heavy atom. The second-order valence-corrected chi connectivity index (χ2v) is 5.19. The van der Waals surface area contributed by atoms with Crippen LogP contribution >= 0.6 is 0 Å². The van der Waals surface area contributed by atoms with Crippen LogP contribution in [0.15, 0.2) is 24.3 Å². The highest BCUT2D eigenvalue weighted by molar-refractivity contribution is 5.25. The third-order valence-electron chi connectivity index (χ3n) is 3.55. The van der Waals surface area contributed by atoms with Gasteiger partial charge in [-0.15, -0.1) is 0 Å². The van der Waals surface area contributed by atoms with Gasteiger partial charge < -0.3 is 5.73 Å². The molecule has 2 N–H and O–H groups in total. The quantitative estimate of drug-likeness (QED) is 0.848. The van der Waals surface area contributed by atoms with Crippen molar-refractivity contribution >= 4 is 0 Å². The number of hydrogen-bond donors (Lipinski definition) is 1.